The van der Waals surface area contributed by atoms with Gasteiger partial charge in [-0.2, -0.15) is 0 Å². The van der Waals surface area contributed by atoms with E-state index in [-0.39, 0.29) is 18.3 Å². The third-order valence-electron chi connectivity index (χ3n) is 5.71. The highest BCUT2D eigenvalue weighted by atomic mass is 16.7. The number of fused-ring (bicyclic) bond motifs is 1. The Morgan fingerprint density at radius 1 is 1.08 bits per heavy atom. The fourth-order valence-electron chi connectivity index (χ4n) is 3.42. The smallest absolute Gasteiger partial charge is 0.399 e. The lowest BCUT2D eigenvalue weighted by molar-refractivity contribution is 0.00578. The summed E-state index contributed by atoms with van der Waals surface area (Å²) in [5.74, 6) is 0. The van der Waals surface area contributed by atoms with Crippen LogP contribution in [0.3, 0.4) is 0 Å². The highest BCUT2D eigenvalue weighted by Gasteiger charge is 2.51. The third kappa shape index (κ3) is 2.57. The Bertz CT molecular complexity index is 734. The van der Waals surface area contributed by atoms with Gasteiger partial charge in [-0.3, -0.25) is 0 Å². The molecule has 0 unspecified atom stereocenters. The summed E-state index contributed by atoms with van der Waals surface area (Å²) in [7, 11) is -0.336. The van der Waals surface area contributed by atoms with Crippen LogP contribution in [-0.2, 0) is 14.0 Å². The molecule has 2 aromatic rings. The van der Waals surface area contributed by atoms with Gasteiger partial charge in [0.1, 0.15) is 0 Å². The number of ether oxygens (including phenoxy) is 1. The molecule has 0 saturated carbocycles. The fraction of sp³-hybridized carbons (Fsp3) is 0.611. The molecule has 6 heteroatoms. The van der Waals surface area contributed by atoms with E-state index in [1.54, 1.807) is 0 Å². The van der Waals surface area contributed by atoms with Crippen molar-refractivity contribution in [2.45, 2.75) is 57.8 Å². The summed E-state index contributed by atoms with van der Waals surface area (Å²) in [5, 5.41) is 0. The van der Waals surface area contributed by atoms with Crippen LogP contribution in [0, 0.1) is 0 Å². The Kier molecular flexibility index (Phi) is 3.75. The number of hydrogen-bond acceptors (Lipinski definition) is 4. The van der Waals surface area contributed by atoms with E-state index in [0.717, 1.165) is 42.6 Å². The molecule has 0 spiro atoms. The van der Waals surface area contributed by atoms with E-state index >= 15 is 0 Å². The second-order valence-corrected chi connectivity index (χ2v) is 7.83. The van der Waals surface area contributed by atoms with Crippen molar-refractivity contribution in [3.63, 3.8) is 0 Å². The predicted molar refractivity (Wildman–Crippen MR) is 94.5 cm³/mol. The largest absolute Gasteiger partial charge is 0.494 e. The molecular weight excluding hydrogens is 303 g/mol. The number of hydrogen-bond donors (Lipinski definition) is 0. The fourth-order valence-corrected chi connectivity index (χ4v) is 3.42. The van der Waals surface area contributed by atoms with Crippen molar-refractivity contribution >= 4 is 23.6 Å². The van der Waals surface area contributed by atoms with Gasteiger partial charge in [-0.05, 0) is 58.1 Å². The summed E-state index contributed by atoms with van der Waals surface area (Å²) in [5.41, 5.74) is 2.56. The van der Waals surface area contributed by atoms with Crippen LogP contribution < -0.4 is 5.46 Å². The first-order valence-electron chi connectivity index (χ1n) is 8.77. The number of aromatic nitrogens is 2. The lowest BCUT2D eigenvalue weighted by atomic mass is 9.79. The van der Waals surface area contributed by atoms with Crippen LogP contribution in [0.25, 0.3) is 11.0 Å². The molecule has 0 N–H and O–H groups in total. The van der Waals surface area contributed by atoms with Gasteiger partial charge in [-0.15, -0.1) is 0 Å². The average molecular weight is 328 g/mol. The van der Waals surface area contributed by atoms with Crippen molar-refractivity contribution in [3.8, 4) is 0 Å². The molecule has 0 radical (unpaired) electrons. The monoisotopic (exact) mass is 328 g/mol. The molecule has 5 nitrogen and oxygen atoms in total. The predicted octanol–water partition coefficient (Wildman–Crippen LogP) is 2.69. The molecule has 128 valence electrons. The summed E-state index contributed by atoms with van der Waals surface area (Å²) >= 11 is 0. The highest BCUT2D eigenvalue weighted by molar-refractivity contribution is 6.62. The standard InChI is InChI=1S/C18H25BN2O3/c1-17(2)18(3,4)24-19(23-17)13-5-6-15-16(11-13)21(12-20-15)14-7-9-22-10-8-14/h5-6,11-12,14H,7-10H2,1-4H3. The first kappa shape index (κ1) is 16.1. The van der Waals surface area contributed by atoms with E-state index in [1.165, 1.54) is 0 Å². The van der Waals surface area contributed by atoms with Gasteiger partial charge in [0.15, 0.2) is 0 Å². The Hall–Kier alpha value is -1.37. The van der Waals surface area contributed by atoms with Crippen LogP contribution in [0.5, 0.6) is 0 Å². The first-order valence-corrected chi connectivity index (χ1v) is 8.77. The van der Waals surface area contributed by atoms with Gasteiger partial charge in [0.05, 0.1) is 28.6 Å². The number of imidazole rings is 1. The second kappa shape index (κ2) is 5.58. The zero-order valence-electron chi connectivity index (χ0n) is 14.9. The maximum absolute atomic E-state index is 6.19. The van der Waals surface area contributed by atoms with Crippen molar-refractivity contribution in [3.05, 3.63) is 24.5 Å². The van der Waals surface area contributed by atoms with Crippen LogP contribution in [0.15, 0.2) is 24.5 Å². The van der Waals surface area contributed by atoms with E-state index in [2.05, 4.69) is 55.4 Å². The van der Waals surface area contributed by atoms with E-state index in [0.29, 0.717) is 6.04 Å². The molecule has 1 aromatic carbocycles. The molecule has 2 saturated heterocycles. The van der Waals surface area contributed by atoms with E-state index < -0.39 is 0 Å². The lowest BCUT2D eigenvalue weighted by Crippen LogP contribution is -2.41. The number of nitrogens with zero attached hydrogens (tertiary/aromatic N) is 2. The van der Waals surface area contributed by atoms with Crippen molar-refractivity contribution in [1.29, 1.82) is 0 Å². The Morgan fingerprint density at radius 2 is 1.75 bits per heavy atom. The maximum Gasteiger partial charge on any atom is 0.494 e. The van der Waals surface area contributed by atoms with Crippen molar-refractivity contribution in [2.75, 3.05) is 13.2 Å². The van der Waals surface area contributed by atoms with Gasteiger partial charge in [-0.25, -0.2) is 4.98 Å². The van der Waals surface area contributed by atoms with Crippen LogP contribution in [0.2, 0.25) is 0 Å². The molecule has 2 aliphatic rings. The Balaban J connectivity index is 1.68. The lowest BCUT2D eigenvalue weighted by Gasteiger charge is -2.32. The molecule has 24 heavy (non-hydrogen) atoms. The van der Waals surface area contributed by atoms with E-state index in [4.69, 9.17) is 14.0 Å². The third-order valence-corrected chi connectivity index (χ3v) is 5.71. The van der Waals surface area contributed by atoms with Crippen LogP contribution in [0.1, 0.15) is 46.6 Å². The van der Waals surface area contributed by atoms with Crippen molar-refractivity contribution in [2.24, 2.45) is 0 Å². The van der Waals surface area contributed by atoms with E-state index in [1.807, 2.05) is 6.33 Å². The van der Waals surface area contributed by atoms with Gasteiger partial charge in [0.25, 0.3) is 0 Å². The van der Waals surface area contributed by atoms with Gasteiger partial charge in [0.2, 0.25) is 0 Å². The SMILES string of the molecule is CC1(C)OB(c2ccc3ncn(C4CCOCC4)c3c2)OC1(C)C. The zero-order chi connectivity index (χ0) is 16.9. The molecule has 4 rings (SSSR count). The van der Waals surface area contributed by atoms with Gasteiger partial charge >= 0.3 is 7.12 Å². The number of rotatable bonds is 2. The zero-order valence-corrected chi connectivity index (χ0v) is 14.9. The molecule has 2 aliphatic heterocycles. The number of benzene rings is 1. The molecule has 1 aromatic heterocycles. The van der Waals surface area contributed by atoms with Crippen molar-refractivity contribution < 1.29 is 14.0 Å². The molecule has 0 aliphatic carbocycles. The van der Waals surface area contributed by atoms with Crippen LogP contribution >= 0.6 is 0 Å². The minimum absolute atomic E-state index is 0.326. The first-order chi connectivity index (χ1) is 11.4. The van der Waals surface area contributed by atoms with Crippen LogP contribution in [0.4, 0.5) is 0 Å². The van der Waals surface area contributed by atoms with Gasteiger partial charge in [-0.1, -0.05) is 6.07 Å². The van der Waals surface area contributed by atoms with Crippen LogP contribution in [-0.4, -0.2) is 41.1 Å². The highest BCUT2D eigenvalue weighted by Crippen LogP contribution is 2.36. The molecule has 0 atom stereocenters. The Labute approximate surface area is 143 Å². The minimum atomic E-state index is -0.336. The summed E-state index contributed by atoms with van der Waals surface area (Å²) in [6, 6.07) is 6.74. The maximum atomic E-state index is 6.19. The van der Waals surface area contributed by atoms with E-state index in [9.17, 15) is 0 Å². The Morgan fingerprint density at radius 3 is 2.42 bits per heavy atom. The van der Waals surface area contributed by atoms with Crippen molar-refractivity contribution in [1.82, 2.24) is 9.55 Å². The molecule has 0 amide bonds. The second-order valence-electron chi connectivity index (χ2n) is 7.83. The summed E-state index contributed by atoms with van der Waals surface area (Å²) in [4.78, 5) is 4.56. The summed E-state index contributed by atoms with van der Waals surface area (Å²) in [6.45, 7) is 9.97. The average Bonchev–Trinajstić information content (AvgIpc) is 3.06. The van der Waals surface area contributed by atoms with Gasteiger partial charge in [0, 0.05) is 19.3 Å². The topological polar surface area (TPSA) is 45.5 Å². The molecular formula is C18H25BN2O3. The summed E-state index contributed by atoms with van der Waals surface area (Å²) < 4.78 is 20.1. The molecule has 2 fully saturated rings. The summed E-state index contributed by atoms with van der Waals surface area (Å²) in [6.07, 6.45) is 4.02. The molecule has 0 bridgehead atoms. The quantitative estimate of drug-likeness (QED) is 0.795. The minimum Gasteiger partial charge on any atom is -0.399 e. The molecule has 3 heterocycles. The van der Waals surface area contributed by atoms with Gasteiger partial charge < -0.3 is 18.6 Å². The normalized spacial score (nSPS) is 23.9.